The van der Waals surface area contributed by atoms with Crippen molar-refractivity contribution in [3.63, 3.8) is 0 Å². The normalized spacial score (nSPS) is 11.6. The molecule has 8 nitrogen and oxygen atoms in total. The molecule has 5 N–H and O–H groups in total. The average Bonchev–Trinajstić information content (AvgIpc) is 2.26. The van der Waals surface area contributed by atoms with E-state index in [-0.39, 0.29) is 11.3 Å². The minimum Gasteiger partial charge on any atom is -0.508 e. The maximum Gasteiger partial charge on any atom is 0.326 e. The van der Waals surface area contributed by atoms with Crippen molar-refractivity contribution in [2.75, 3.05) is 0 Å². The lowest BCUT2D eigenvalue weighted by molar-refractivity contribution is -0.145. The average molecular weight is 269 g/mol. The van der Waals surface area contributed by atoms with E-state index in [1.807, 2.05) is 5.32 Å². The Kier molecular flexibility index (Phi) is 4.30. The third-order valence-electron chi connectivity index (χ3n) is 2.21. The van der Waals surface area contributed by atoms with Gasteiger partial charge in [0.1, 0.15) is 17.5 Å². The summed E-state index contributed by atoms with van der Waals surface area (Å²) >= 11 is 0. The second-order valence-electron chi connectivity index (χ2n) is 3.66. The van der Waals surface area contributed by atoms with Gasteiger partial charge in [0.25, 0.3) is 5.91 Å². The molecular weight excluding hydrogens is 258 g/mol. The van der Waals surface area contributed by atoms with Gasteiger partial charge in [-0.05, 0) is 12.1 Å². The van der Waals surface area contributed by atoms with Crippen LogP contribution in [-0.4, -0.2) is 44.3 Å². The van der Waals surface area contributed by atoms with E-state index in [2.05, 4.69) is 0 Å². The number of rotatable bonds is 5. The molecule has 102 valence electrons. The monoisotopic (exact) mass is 269 g/mol. The van der Waals surface area contributed by atoms with Gasteiger partial charge in [0, 0.05) is 6.07 Å². The van der Waals surface area contributed by atoms with Gasteiger partial charge in [-0.25, -0.2) is 4.79 Å². The van der Waals surface area contributed by atoms with Crippen molar-refractivity contribution in [2.24, 2.45) is 0 Å². The predicted molar refractivity (Wildman–Crippen MR) is 60.9 cm³/mol. The Morgan fingerprint density at radius 1 is 1.16 bits per heavy atom. The van der Waals surface area contributed by atoms with Gasteiger partial charge in [-0.2, -0.15) is 0 Å². The van der Waals surface area contributed by atoms with Crippen LogP contribution in [0.3, 0.4) is 0 Å². The Labute approximate surface area is 106 Å². The second-order valence-corrected chi connectivity index (χ2v) is 3.66. The first-order valence-electron chi connectivity index (χ1n) is 5.08. The lowest BCUT2D eigenvalue weighted by atomic mass is 10.1. The number of amides is 1. The quantitative estimate of drug-likeness (QED) is 0.495. The lowest BCUT2D eigenvalue weighted by Gasteiger charge is -2.13. The number of carbonyl (C=O) groups excluding carboxylic acids is 1. The first-order chi connectivity index (χ1) is 8.81. The molecule has 0 heterocycles. The van der Waals surface area contributed by atoms with Crippen molar-refractivity contribution < 1.29 is 34.8 Å². The van der Waals surface area contributed by atoms with Crippen molar-refractivity contribution >= 4 is 17.8 Å². The van der Waals surface area contributed by atoms with Gasteiger partial charge in [0.15, 0.2) is 0 Å². The van der Waals surface area contributed by atoms with Crippen LogP contribution in [0.5, 0.6) is 11.5 Å². The molecule has 19 heavy (non-hydrogen) atoms. The van der Waals surface area contributed by atoms with Crippen LogP contribution in [0.2, 0.25) is 0 Å². The van der Waals surface area contributed by atoms with Gasteiger partial charge >= 0.3 is 11.9 Å². The molecule has 0 bridgehead atoms. The molecule has 1 aromatic carbocycles. The molecule has 0 aromatic heterocycles. The highest BCUT2D eigenvalue weighted by Gasteiger charge is 2.24. The topological polar surface area (TPSA) is 144 Å². The number of aromatic hydroxyl groups is 2. The van der Waals surface area contributed by atoms with E-state index in [1.165, 1.54) is 0 Å². The summed E-state index contributed by atoms with van der Waals surface area (Å²) in [6, 6.07) is 1.50. The third-order valence-corrected chi connectivity index (χ3v) is 2.21. The van der Waals surface area contributed by atoms with Crippen LogP contribution in [0.15, 0.2) is 18.2 Å². The van der Waals surface area contributed by atoms with E-state index < -0.39 is 36.1 Å². The fourth-order valence-electron chi connectivity index (χ4n) is 1.32. The van der Waals surface area contributed by atoms with Crippen LogP contribution in [0.25, 0.3) is 0 Å². The Bertz CT molecular complexity index is 526. The van der Waals surface area contributed by atoms with Crippen molar-refractivity contribution in [3.05, 3.63) is 23.8 Å². The number of carbonyl (C=O) groups is 3. The zero-order valence-electron chi connectivity index (χ0n) is 9.53. The highest BCUT2D eigenvalue weighted by atomic mass is 16.4. The Morgan fingerprint density at radius 3 is 2.26 bits per heavy atom. The summed E-state index contributed by atoms with van der Waals surface area (Å²) in [5.74, 6) is -4.66. The molecule has 0 aliphatic heterocycles. The van der Waals surface area contributed by atoms with Crippen LogP contribution in [-0.2, 0) is 9.59 Å². The van der Waals surface area contributed by atoms with E-state index in [1.54, 1.807) is 0 Å². The van der Waals surface area contributed by atoms with Crippen LogP contribution >= 0.6 is 0 Å². The zero-order valence-corrected chi connectivity index (χ0v) is 9.53. The van der Waals surface area contributed by atoms with E-state index in [9.17, 15) is 19.5 Å². The minimum atomic E-state index is -1.61. The largest absolute Gasteiger partial charge is 0.508 e. The smallest absolute Gasteiger partial charge is 0.326 e. The molecule has 1 rings (SSSR count). The molecule has 0 radical (unpaired) electrons. The number of hydrogen-bond donors (Lipinski definition) is 5. The molecule has 0 saturated heterocycles. The SMILES string of the molecule is O=C(O)C[C@@H](NC(=O)c1ccc(O)cc1O)C(=O)O. The van der Waals surface area contributed by atoms with Crippen LogP contribution in [0, 0.1) is 0 Å². The van der Waals surface area contributed by atoms with Crippen LogP contribution in [0.4, 0.5) is 0 Å². The standard InChI is InChI=1S/C11H11NO7/c13-5-1-2-6(8(14)3-5)10(17)12-7(11(18)19)4-9(15)16/h1-3,7,13-14H,4H2,(H,12,17)(H,15,16)(H,18,19)/t7-/m1/s1. The Hall–Kier alpha value is -2.77. The number of nitrogens with one attached hydrogen (secondary N) is 1. The fraction of sp³-hybridized carbons (Fsp3) is 0.182. The van der Waals surface area contributed by atoms with Gasteiger partial charge in [-0.15, -0.1) is 0 Å². The second kappa shape index (κ2) is 5.71. The summed E-state index contributed by atoms with van der Waals surface area (Å²) in [5, 5.41) is 37.7. The predicted octanol–water partition coefficient (Wildman–Crippen LogP) is -0.245. The van der Waals surface area contributed by atoms with E-state index in [4.69, 9.17) is 15.3 Å². The first kappa shape index (κ1) is 14.3. The summed E-state index contributed by atoms with van der Waals surface area (Å²) < 4.78 is 0. The van der Waals surface area contributed by atoms with Crippen molar-refractivity contribution in [1.82, 2.24) is 5.32 Å². The van der Waals surface area contributed by atoms with Gasteiger partial charge in [-0.3, -0.25) is 9.59 Å². The highest BCUT2D eigenvalue weighted by molar-refractivity contribution is 5.99. The number of aliphatic carboxylic acids is 2. The van der Waals surface area contributed by atoms with E-state index in [0.717, 1.165) is 18.2 Å². The number of phenols is 2. The molecule has 1 amide bonds. The van der Waals surface area contributed by atoms with Gasteiger partial charge in [0.2, 0.25) is 0 Å². The molecule has 0 fully saturated rings. The van der Waals surface area contributed by atoms with Gasteiger partial charge in [0.05, 0.1) is 12.0 Å². The maximum absolute atomic E-state index is 11.7. The molecule has 1 aromatic rings. The highest BCUT2D eigenvalue weighted by Crippen LogP contribution is 2.22. The molecule has 0 saturated carbocycles. The van der Waals surface area contributed by atoms with E-state index in [0.29, 0.717) is 0 Å². The molecular formula is C11H11NO7. The summed E-state index contributed by atoms with van der Waals surface area (Å²) in [6.45, 7) is 0. The summed E-state index contributed by atoms with van der Waals surface area (Å²) in [6.07, 6.45) is -0.792. The van der Waals surface area contributed by atoms with Gasteiger partial charge < -0.3 is 25.7 Å². The molecule has 0 spiro atoms. The summed E-state index contributed by atoms with van der Waals surface area (Å²) in [7, 11) is 0. The zero-order chi connectivity index (χ0) is 14.6. The van der Waals surface area contributed by atoms with Crippen LogP contribution < -0.4 is 5.32 Å². The first-order valence-corrected chi connectivity index (χ1v) is 5.08. The Balaban J connectivity index is 2.87. The van der Waals surface area contributed by atoms with Crippen molar-refractivity contribution in [2.45, 2.75) is 12.5 Å². The number of carboxylic acid groups (broad SMARTS) is 2. The fourth-order valence-corrected chi connectivity index (χ4v) is 1.32. The molecule has 0 aliphatic carbocycles. The van der Waals surface area contributed by atoms with Crippen molar-refractivity contribution in [1.29, 1.82) is 0 Å². The number of hydrogen-bond acceptors (Lipinski definition) is 5. The maximum atomic E-state index is 11.7. The molecule has 0 aliphatic rings. The van der Waals surface area contributed by atoms with Crippen LogP contribution in [0.1, 0.15) is 16.8 Å². The molecule has 0 unspecified atom stereocenters. The number of carboxylic acids is 2. The molecule has 1 atom stereocenters. The minimum absolute atomic E-state index is 0.269. The van der Waals surface area contributed by atoms with Gasteiger partial charge in [-0.1, -0.05) is 0 Å². The summed E-state index contributed by atoms with van der Waals surface area (Å²) in [4.78, 5) is 32.9. The Morgan fingerprint density at radius 2 is 1.79 bits per heavy atom. The van der Waals surface area contributed by atoms with Crippen molar-refractivity contribution in [3.8, 4) is 11.5 Å². The summed E-state index contributed by atoms with van der Waals surface area (Å²) in [5.41, 5.74) is -0.269. The molecule has 8 heteroatoms. The number of benzene rings is 1. The lowest BCUT2D eigenvalue weighted by Crippen LogP contribution is -2.42. The number of phenolic OH excluding ortho intramolecular Hbond substituents is 2. The van der Waals surface area contributed by atoms with E-state index >= 15 is 0 Å². The third kappa shape index (κ3) is 3.87.